The third-order valence-electron chi connectivity index (χ3n) is 5.16. The molecule has 1 saturated carbocycles. The van der Waals surface area contributed by atoms with Crippen LogP contribution in [0.25, 0.3) is 5.69 Å². The number of hydrogen-bond acceptors (Lipinski definition) is 6. The Morgan fingerprint density at radius 1 is 1.27 bits per heavy atom. The minimum Gasteiger partial charge on any atom is -0.388 e. The van der Waals surface area contributed by atoms with Crippen molar-refractivity contribution in [1.29, 1.82) is 0 Å². The SMILES string of the molecule is Cc1nn(-c2ccc(Cl)c(C(=O)NCC3(O)CCCCC3)c2)c(=O)n(C(N)=O)c1=O. The number of aromatic nitrogens is 3. The Balaban J connectivity index is 1.94. The van der Waals surface area contributed by atoms with E-state index in [0.29, 0.717) is 12.8 Å². The number of halogens is 1. The quantitative estimate of drug-likeness (QED) is 0.643. The molecule has 0 saturated heterocycles. The highest BCUT2D eigenvalue weighted by Crippen LogP contribution is 2.27. The first kappa shape index (κ1) is 21.7. The van der Waals surface area contributed by atoms with Crippen LogP contribution >= 0.6 is 11.6 Å². The number of amides is 2. The Morgan fingerprint density at radius 2 is 1.93 bits per heavy atom. The topological polar surface area (TPSA) is 149 Å². The zero-order valence-corrected chi connectivity index (χ0v) is 17.1. The van der Waals surface area contributed by atoms with Crippen LogP contribution in [0, 0.1) is 6.92 Å². The maximum atomic E-state index is 12.7. The summed E-state index contributed by atoms with van der Waals surface area (Å²) >= 11 is 6.15. The molecule has 1 heterocycles. The number of nitrogens with two attached hydrogens (primary N) is 1. The van der Waals surface area contributed by atoms with Gasteiger partial charge in [0.15, 0.2) is 0 Å². The van der Waals surface area contributed by atoms with E-state index in [2.05, 4.69) is 10.4 Å². The predicted octanol–water partition coefficient (Wildman–Crippen LogP) is 0.708. The summed E-state index contributed by atoms with van der Waals surface area (Å²) in [7, 11) is 0. The van der Waals surface area contributed by atoms with Gasteiger partial charge in [0.1, 0.15) is 5.69 Å². The molecule has 1 aromatic heterocycles. The standard InChI is InChI=1S/C19H22ClN5O5/c1-11-16(27)24(17(21)28)18(29)25(23-11)12-5-6-14(20)13(9-12)15(26)22-10-19(30)7-3-2-4-8-19/h5-6,9,30H,2-4,7-8,10H2,1H3,(H2,21,28)(H,22,26). The number of primary amides is 1. The van der Waals surface area contributed by atoms with Crippen molar-refractivity contribution in [2.24, 2.45) is 5.73 Å². The summed E-state index contributed by atoms with van der Waals surface area (Å²) in [6.45, 7) is 1.41. The molecule has 30 heavy (non-hydrogen) atoms. The van der Waals surface area contributed by atoms with Crippen molar-refractivity contribution < 1.29 is 14.7 Å². The van der Waals surface area contributed by atoms with Gasteiger partial charge in [-0.3, -0.25) is 9.59 Å². The highest BCUT2D eigenvalue weighted by molar-refractivity contribution is 6.33. The van der Waals surface area contributed by atoms with E-state index in [1.165, 1.54) is 25.1 Å². The lowest BCUT2D eigenvalue weighted by Gasteiger charge is -2.32. The van der Waals surface area contributed by atoms with Crippen LogP contribution in [0.3, 0.4) is 0 Å². The second kappa shape index (κ2) is 8.41. The van der Waals surface area contributed by atoms with Gasteiger partial charge in [-0.1, -0.05) is 30.9 Å². The average Bonchev–Trinajstić information content (AvgIpc) is 2.70. The van der Waals surface area contributed by atoms with Crippen LogP contribution in [0.4, 0.5) is 4.79 Å². The molecule has 4 N–H and O–H groups in total. The molecule has 3 rings (SSSR count). The molecule has 1 fully saturated rings. The van der Waals surface area contributed by atoms with Crippen molar-refractivity contribution in [1.82, 2.24) is 19.7 Å². The smallest absolute Gasteiger partial charge is 0.360 e. The monoisotopic (exact) mass is 435 g/mol. The second-order valence-electron chi connectivity index (χ2n) is 7.39. The molecule has 2 amide bonds. The van der Waals surface area contributed by atoms with Crippen molar-refractivity contribution in [2.75, 3.05) is 6.54 Å². The van der Waals surface area contributed by atoms with Crippen molar-refractivity contribution in [3.63, 3.8) is 0 Å². The normalized spacial score (nSPS) is 15.6. The molecule has 0 bridgehead atoms. The fourth-order valence-electron chi connectivity index (χ4n) is 3.49. The Labute approximate surface area is 176 Å². The first-order chi connectivity index (χ1) is 14.1. The van der Waals surface area contributed by atoms with Gasteiger partial charge in [-0.05, 0) is 38.0 Å². The van der Waals surface area contributed by atoms with E-state index in [-0.39, 0.29) is 33.1 Å². The van der Waals surface area contributed by atoms with Crippen LogP contribution in [-0.2, 0) is 0 Å². The maximum Gasteiger partial charge on any atom is 0.360 e. The molecule has 1 aliphatic rings. The molecule has 0 aliphatic heterocycles. The van der Waals surface area contributed by atoms with E-state index in [9.17, 15) is 24.3 Å². The lowest BCUT2D eigenvalue weighted by molar-refractivity contribution is 0.00526. The number of carbonyl (C=O) groups is 2. The third-order valence-corrected chi connectivity index (χ3v) is 5.49. The fourth-order valence-corrected chi connectivity index (χ4v) is 3.69. The molecule has 160 valence electrons. The molecule has 1 aromatic carbocycles. The minimum absolute atomic E-state index is 0.0526. The number of carbonyl (C=O) groups excluding carboxylic acids is 2. The van der Waals surface area contributed by atoms with E-state index < -0.39 is 28.8 Å². The molecule has 0 atom stereocenters. The number of aryl methyl sites for hydroxylation is 1. The Morgan fingerprint density at radius 3 is 2.57 bits per heavy atom. The maximum absolute atomic E-state index is 12.7. The van der Waals surface area contributed by atoms with E-state index in [1.54, 1.807) is 0 Å². The summed E-state index contributed by atoms with van der Waals surface area (Å²) in [6.07, 6.45) is 4.06. The summed E-state index contributed by atoms with van der Waals surface area (Å²) in [5, 5.41) is 17.3. The summed E-state index contributed by atoms with van der Waals surface area (Å²) in [5.74, 6) is -0.533. The zero-order chi connectivity index (χ0) is 22.1. The summed E-state index contributed by atoms with van der Waals surface area (Å²) < 4.78 is 1.05. The van der Waals surface area contributed by atoms with Crippen LogP contribution in [0.5, 0.6) is 0 Å². The van der Waals surface area contributed by atoms with E-state index in [4.69, 9.17) is 17.3 Å². The van der Waals surface area contributed by atoms with Crippen LogP contribution < -0.4 is 22.3 Å². The molecule has 0 radical (unpaired) electrons. The molecule has 11 heteroatoms. The summed E-state index contributed by atoms with van der Waals surface area (Å²) in [5.41, 5.74) is 2.23. The molecule has 0 spiro atoms. The van der Waals surface area contributed by atoms with Gasteiger partial charge < -0.3 is 16.2 Å². The number of benzene rings is 1. The minimum atomic E-state index is -1.24. The molecule has 1 aliphatic carbocycles. The summed E-state index contributed by atoms with van der Waals surface area (Å²) in [6, 6.07) is 2.88. The molecular formula is C19H22ClN5O5. The largest absolute Gasteiger partial charge is 0.388 e. The van der Waals surface area contributed by atoms with Gasteiger partial charge >= 0.3 is 11.7 Å². The summed E-state index contributed by atoms with van der Waals surface area (Å²) in [4.78, 5) is 48.7. The van der Waals surface area contributed by atoms with Gasteiger partial charge in [0.25, 0.3) is 11.5 Å². The van der Waals surface area contributed by atoms with Gasteiger partial charge in [-0.2, -0.15) is 14.3 Å². The van der Waals surface area contributed by atoms with Crippen LogP contribution in [0.1, 0.15) is 48.2 Å². The van der Waals surface area contributed by atoms with Gasteiger partial charge in [0.2, 0.25) is 0 Å². The fraction of sp³-hybridized carbons (Fsp3) is 0.421. The lowest BCUT2D eigenvalue weighted by Crippen LogP contribution is -2.47. The van der Waals surface area contributed by atoms with Crippen molar-refractivity contribution in [2.45, 2.75) is 44.6 Å². The van der Waals surface area contributed by atoms with Gasteiger partial charge in [0.05, 0.1) is 21.9 Å². The first-order valence-electron chi connectivity index (χ1n) is 9.46. The van der Waals surface area contributed by atoms with Crippen molar-refractivity contribution in [3.05, 3.63) is 55.3 Å². The van der Waals surface area contributed by atoms with Crippen molar-refractivity contribution in [3.8, 4) is 5.69 Å². The number of nitrogens with one attached hydrogen (secondary N) is 1. The number of rotatable bonds is 4. The zero-order valence-electron chi connectivity index (χ0n) is 16.4. The Kier molecular flexibility index (Phi) is 6.09. The van der Waals surface area contributed by atoms with E-state index >= 15 is 0 Å². The van der Waals surface area contributed by atoms with Crippen LogP contribution in [0.15, 0.2) is 27.8 Å². The highest BCUT2D eigenvalue weighted by Gasteiger charge is 2.30. The number of hydrogen-bond donors (Lipinski definition) is 3. The second-order valence-corrected chi connectivity index (χ2v) is 7.80. The molecular weight excluding hydrogens is 414 g/mol. The predicted molar refractivity (Wildman–Crippen MR) is 109 cm³/mol. The Hall–Kier alpha value is -2.98. The highest BCUT2D eigenvalue weighted by atomic mass is 35.5. The third kappa shape index (κ3) is 4.29. The van der Waals surface area contributed by atoms with Gasteiger partial charge in [-0.15, -0.1) is 0 Å². The number of nitrogens with zero attached hydrogens (tertiary/aromatic N) is 3. The van der Waals surface area contributed by atoms with E-state index in [0.717, 1.165) is 23.9 Å². The number of aliphatic hydroxyl groups is 1. The van der Waals surface area contributed by atoms with Crippen LogP contribution in [0.2, 0.25) is 5.02 Å². The molecule has 10 nitrogen and oxygen atoms in total. The molecule has 0 unspecified atom stereocenters. The van der Waals surface area contributed by atoms with Gasteiger partial charge in [0, 0.05) is 6.54 Å². The lowest BCUT2D eigenvalue weighted by atomic mass is 9.85. The first-order valence-corrected chi connectivity index (χ1v) is 9.84. The van der Waals surface area contributed by atoms with Gasteiger partial charge in [-0.25, -0.2) is 9.59 Å². The molecule has 2 aromatic rings. The van der Waals surface area contributed by atoms with E-state index in [1.807, 2.05) is 0 Å². The average molecular weight is 436 g/mol. The Bertz CT molecular complexity index is 1120. The van der Waals surface area contributed by atoms with Crippen molar-refractivity contribution >= 4 is 23.5 Å². The van der Waals surface area contributed by atoms with Crippen LogP contribution in [-0.4, -0.2) is 43.5 Å².